The van der Waals surface area contributed by atoms with Gasteiger partial charge in [-0.2, -0.15) is 0 Å². The number of hydrogen-bond acceptors (Lipinski definition) is 3. The molecule has 120 valence electrons. The molecule has 1 aliphatic heterocycles. The number of fused-ring (bicyclic) bond motifs is 3. The number of nitrogens with one attached hydrogen (secondary N) is 2. The fourth-order valence-electron chi connectivity index (χ4n) is 3.57. The summed E-state index contributed by atoms with van der Waals surface area (Å²) < 4.78 is 0. The van der Waals surface area contributed by atoms with Gasteiger partial charge in [-0.3, -0.25) is 4.79 Å². The number of carbonyl (C=O) groups excluding carboxylic acids is 1. The topological polar surface area (TPSA) is 41.1 Å². The van der Waals surface area contributed by atoms with Crippen LogP contribution >= 0.6 is 22.9 Å². The first-order valence-electron chi connectivity index (χ1n) is 8.13. The summed E-state index contributed by atoms with van der Waals surface area (Å²) in [5.41, 5.74) is 3.12. The number of carbonyl (C=O) groups is 1. The number of halogens is 1. The Morgan fingerprint density at radius 2 is 2.22 bits per heavy atom. The second kappa shape index (κ2) is 5.84. The molecule has 2 aliphatic rings. The Morgan fingerprint density at radius 1 is 1.35 bits per heavy atom. The first-order valence-corrected chi connectivity index (χ1v) is 9.32. The van der Waals surface area contributed by atoms with Crippen molar-refractivity contribution in [3.8, 4) is 0 Å². The van der Waals surface area contributed by atoms with Gasteiger partial charge < -0.3 is 10.6 Å². The molecule has 0 unspecified atom stereocenters. The van der Waals surface area contributed by atoms with Gasteiger partial charge in [0.25, 0.3) is 5.91 Å². The second-order valence-electron chi connectivity index (χ2n) is 6.33. The van der Waals surface area contributed by atoms with Crippen LogP contribution in [0.2, 0.25) is 5.02 Å². The van der Waals surface area contributed by atoms with Gasteiger partial charge in [-0.25, -0.2) is 0 Å². The highest BCUT2D eigenvalue weighted by Crippen LogP contribution is 2.43. The van der Waals surface area contributed by atoms with E-state index in [9.17, 15) is 4.79 Å². The summed E-state index contributed by atoms with van der Waals surface area (Å²) in [4.78, 5) is 14.1. The number of rotatable bonds is 2. The van der Waals surface area contributed by atoms with Crippen LogP contribution in [-0.4, -0.2) is 5.91 Å². The van der Waals surface area contributed by atoms with Crippen LogP contribution in [0.3, 0.4) is 0 Å². The molecular formula is C18H19ClN2OS. The van der Waals surface area contributed by atoms with E-state index in [1.807, 2.05) is 24.3 Å². The molecule has 2 atom stereocenters. The summed E-state index contributed by atoms with van der Waals surface area (Å²) in [5.74, 6) is 0.797. The Hall–Kier alpha value is -1.52. The van der Waals surface area contributed by atoms with E-state index in [1.165, 1.54) is 23.3 Å². The van der Waals surface area contributed by atoms with Gasteiger partial charge in [0.2, 0.25) is 0 Å². The van der Waals surface area contributed by atoms with Crippen molar-refractivity contribution >= 4 is 33.8 Å². The molecule has 1 aliphatic carbocycles. The van der Waals surface area contributed by atoms with E-state index in [4.69, 9.17) is 11.6 Å². The Morgan fingerprint density at radius 3 is 3.00 bits per heavy atom. The highest BCUT2D eigenvalue weighted by Gasteiger charge is 2.33. The molecule has 1 aromatic carbocycles. The average molecular weight is 347 g/mol. The summed E-state index contributed by atoms with van der Waals surface area (Å²) in [6.45, 7) is 2.25. The van der Waals surface area contributed by atoms with Crippen LogP contribution in [0.15, 0.2) is 24.3 Å². The molecule has 0 saturated carbocycles. The first-order chi connectivity index (χ1) is 11.2. The molecule has 2 N–H and O–H groups in total. The smallest absolute Gasteiger partial charge is 0.256 e. The third kappa shape index (κ3) is 2.64. The normalized spacial score (nSPS) is 22.8. The molecule has 0 fully saturated rings. The molecule has 2 heterocycles. The van der Waals surface area contributed by atoms with Crippen LogP contribution in [0.25, 0.3) is 0 Å². The number of anilines is 1. The van der Waals surface area contributed by atoms with Gasteiger partial charge in [0.15, 0.2) is 0 Å². The molecule has 1 aromatic heterocycles. The molecule has 4 rings (SSSR count). The van der Waals surface area contributed by atoms with E-state index in [2.05, 4.69) is 17.6 Å². The maximum absolute atomic E-state index is 12.7. The molecule has 23 heavy (non-hydrogen) atoms. The number of amides is 1. The van der Waals surface area contributed by atoms with E-state index in [0.717, 1.165) is 34.9 Å². The van der Waals surface area contributed by atoms with Crippen LogP contribution in [0.1, 0.15) is 52.3 Å². The number of benzene rings is 1. The molecule has 0 saturated heterocycles. The third-order valence-electron chi connectivity index (χ3n) is 4.90. The predicted molar refractivity (Wildman–Crippen MR) is 95.4 cm³/mol. The van der Waals surface area contributed by atoms with Crippen molar-refractivity contribution in [3.63, 3.8) is 0 Å². The predicted octanol–water partition coefficient (Wildman–Crippen LogP) is 4.77. The average Bonchev–Trinajstić information content (AvgIpc) is 2.92. The van der Waals surface area contributed by atoms with Crippen LogP contribution in [0, 0.1) is 5.92 Å². The van der Waals surface area contributed by atoms with Gasteiger partial charge in [0, 0.05) is 9.90 Å². The summed E-state index contributed by atoms with van der Waals surface area (Å²) in [5, 5.41) is 8.26. The van der Waals surface area contributed by atoms with Gasteiger partial charge in [-0.05, 0) is 48.4 Å². The summed E-state index contributed by atoms with van der Waals surface area (Å²) in [6.07, 6.45) is 4.33. The Balaban J connectivity index is 1.68. The number of hydrogen-bond donors (Lipinski definition) is 2. The lowest BCUT2D eigenvalue weighted by molar-refractivity contribution is 0.0935. The van der Waals surface area contributed by atoms with Gasteiger partial charge in [0.05, 0.1) is 5.56 Å². The second-order valence-corrected chi connectivity index (χ2v) is 7.87. The van der Waals surface area contributed by atoms with Crippen molar-refractivity contribution in [2.75, 3.05) is 5.32 Å². The lowest BCUT2D eigenvalue weighted by Crippen LogP contribution is -2.38. The zero-order valence-corrected chi connectivity index (χ0v) is 14.6. The summed E-state index contributed by atoms with van der Waals surface area (Å²) in [6, 6.07) is 7.63. The maximum atomic E-state index is 12.7. The Labute approximate surface area is 145 Å². The highest BCUT2D eigenvalue weighted by atomic mass is 35.5. The van der Waals surface area contributed by atoms with Gasteiger partial charge in [-0.15, -0.1) is 11.3 Å². The minimum Gasteiger partial charge on any atom is -0.353 e. The van der Waals surface area contributed by atoms with Crippen molar-refractivity contribution in [2.45, 2.75) is 38.8 Å². The van der Waals surface area contributed by atoms with Crippen molar-refractivity contribution in [1.82, 2.24) is 5.32 Å². The summed E-state index contributed by atoms with van der Waals surface area (Å²) in [7, 11) is 0. The third-order valence-corrected chi connectivity index (χ3v) is 6.33. The number of thiophene rings is 1. The van der Waals surface area contributed by atoms with Crippen LogP contribution in [0.5, 0.6) is 0 Å². The van der Waals surface area contributed by atoms with Crippen molar-refractivity contribution in [3.05, 3.63) is 50.9 Å². The molecule has 0 radical (unpaired) electrons. The Bertz CT molecular complexity index is 770. The maximum Gasteiger partial charge on any atom is 0.256 e. The molecule has 0 spiro atoms. The lowest BCUT2D eigenvalue weighted by Gasteiger charge is -2.27. The minimum atomic E-state index is -0.212. The molecular weight excluding hydrogens is 328 g/mol. The van der Waals surface area contributed by atoms with E-state index < -0.39 is 0 Å². The first kappa shape index (κ1) is 15.0. The van der Waals surface area contributed by atoms with Gasteiger partial charge >= 0.3 is 0 Å². The quantitative estimate of drug-likeness (QED) is 0.822. The van der Waals surface area contributed by atoms with Crippen molar-refractivity contribution in [2.24, 2.45) is 5.92 Å². The molecule has 1 amide bonds. The van der Waals surface area contributed by atoms with Crippen LogP contribution in [-0.2, 0) is 12.8 Å². The molecule has 3 nitrogen and oxygen atoms in total. The zero-order valence-electron chi connectivity index (χ0n) is 13.0. The van der Waals surface area contributed by atoms with E-state index in [0.29, 0.717) is 5.02 Å². The van der Waals surface area contributed by atoms with Gasteiger partial charge in [0.1, 0.15) is 11.2 Å². The van der Waals surface area contributed by atoms with Crippen molar-refractivity contribution in [1.29, 1.82) is 0 Å². The SMILES string of the molecule is CC[C@@H]1CCc2c(sc3c2C(=O)N[C@@H](c2cccc(Cl)c2)N3)C1. The summed E-state index contributed by atoms with van der Waals surface area (Å²) >= 11 is 7.84. The fraction of sp³-hybridized carbons (Fsp3) is 0.389. The van der Waals surface area contributed by atoms with Crippen molar-refractivity contribution < 1.29 is 4.79 Å². The molecule has 5 heteroatoms. The van der Waals surface area contributed by atoms with E-state index in [-0.39, 0.29) is 12.1 Å². The largest absolute Gasteiger partial charge is 0.353 e. The van der Waals surface area contributed by atoms with E-state index in [1.54, 1.807) is 11.3 Å². The monoisotopic (exact) mass is 346 g/mol. The Kier molecular flexibility index (Phi) is 3.82. The van der Waals surface area contributed by atoms with Crippen LogP contribution < -0.4 is 10.6 Å². The van der Waals surface area contributed by atoms with Crippen LogP contribution in [0.4, 0.5) is 5.00 Å². The molecule has 0 bridgehead atoms. The zero-order chi connectivity index (χ0) is 16.0. The lowest BCUT2D eigenvalue weighted by atomic mass is 9.85. The van der Waals surface area contributed by atoms with Gasteiger partial charge in [-0.1, -0.05) is 37.1 Å². The van der Waals surface area contributed by atoms with E-state index >= 15 is 0 Å². The minimum absolute atomic E-state index is 0.0381. The fourth-order valence-corrected chi connectivity index (χ4v) is 5.15. The molecule has 2 aromatic rings. The standard InChI is InChI=1S/C18H19ClN2OS/c1-2-10-6-7-13-14(8-10)23-18-15(13)17(22)20-16(21-18)11-4-3-5-12(19)9-11/h3-5,9-10,16,21H,2,6-8H2,1H3,(H,20,22)/t10-,16-/m1/s1. The highest BCUT2D eigenvalue weighted by molar-refractivity contribution is 7.16.